The van der Waals surface area contributed by atoms with E-state index in [-0.39, 0.29) is 111 Å². The summed E-state index contributed by atoms with van der Waals surface area (Å²) >= 11 is 0. The number of carbonyl (C=O) groups excluding carboxylic acids is 5. The number of phenolic OH excluding ortho intramolecular Hbond substituents is 4. The minimum absolute atomic E-state index is 0.00578. The van der Waals surface area contributed by atoms with E-state index in [4.69, 9.17) is 14.2 Å². The van der Waals surface area contributed by atoms with Gasteiger partial charge in [-0.05, 0) is 112 Å². The first-order chi connectivity index (χ1) is 51.6. The summed E-state index contributed by atoms with van der Waals surface area (Å²) in [4.78, 5) is 222. The Morgan fingerprint density at radius 1 is 0.440 bits per heavy atom. The fraction of sp³-hybridized carbons (Fsp3) is 0.291. The zero-order valence-electron chi connectivity index (χ0n) is 60.3. The Hall–Kier alpha value is -13.3. The number of piperazine rings is 2. The van der Waals surface area contributed by atoms with Gasteiger partial charge >= 0.3 is 11.9 Å². The number of carboxylic acid groups (broad SMARTS) is 1. The van der Waals surface area contributed by atoms with E-state index in [1.165, 1.54) is 88.7 Å². The molecule has 30 nitrogen and oxygen atoms in total. The van der Waals surface area contributed by atoms with Crippen LogP contribution in [0.25, 0.3) is 108 Å². The third kappa shape index (κ3) is 10.9. The van der Waals surface area contributed by atoms with E-state index in [1.54, 1.807) is 27.7 Å². The van der Waals surface area contributed by atoms with Crippen LogP contribution in [0.5, 0.6) is 34.5 Å². The van der Waals surface area contributed by atoms with Crippen LogP contribution in [-0.4, -0.2) is 139 Å². The molecule has 0 bridgehead atoms. The van der Waals surface area contributed by atoms with Crippen LogP contribution < -0.4 is 74.7 Å². The summed E-state index contributed by atoms with van der Waals surface area (Å²) in [6.07, 6.45) is 0.912. The number of aromatic nitrogens is 2. The summed E-state index contributed by atoms with van der Waals surface area (Å²) in [6.45, 7) is 11.2. The number of aromatic hydroxyl groups is 4. The molecule has 0 spiro atoms. The first-order valence-corrected chi connectivity index (χ1v) is 34.5. The lowest BCUT2D eigenvalue weighted by Gasteiger charge is -2.36. The fourth-order valence-electron chi connectivity index (χ4n) is 15.5. The van der Waals surface area contributed by atoms with Crippen LogP contribution in [0.15, 0.2) is 109 Å². The van der Waals surface area contributed by atoms with Crippen LogP contribution >= 0.6 is 0 Å². The number of hydrogen-bond acceptors (Lipinski definition) is 23. The van der Waals surface area contributed by atoms with E-state index in [0.717, 1.165) is 26.0 Å². The zero-order valence-corrected chi connectivity index (χ0v) is 60.3. The lowest BCUT2D eigenvalue weighted by atomic mass is 9.90. The van der Waals surface area contributed by atoms with Gasteiger partial charge in [0.15, 0.2) is 21.7 Å². The summed E-state index contributed by atoms with van der Waals surface area (Å²) in [5, 5.41) is 53.1. The number of nitrogens with one attached hydrogen (secondary N) is 2. The molecule has 14 rings (SSSR count). The lowest BCUT2D eigenvalue weighted by Crippen LogP contribution is -2.63. The summed E-state index contributed by atoms with van der Waals surface area (Å²) in [5.41, 5.74) is -7.59. The molecular formula is C79H68N6O24. The van der Waals surface area contributed by atoms with E-state index in [1.807, 2.05) is 13.8 Å². The van der Waals surface area contributed by atoms with Crippen LogP contribution in [0.3, 0.4) is 0 Å². The highest BCUT2D eigenvalue weighted by Crippen LogP contribution is 2.46. The van der Waals surface area contributed by atoms with Gasteiger partial charge in [0.1, 0.15) is 71.8 Å². The quantitative estimate of drug-likeness (QED) is 0.0515. The second-order valence-corrected chi connectivity index (χ2v) is 27.6. The van der Waals surface area contributed by atoms with Gasteiger partial charge in [0, 0.05) is 76.0 Å². The average molecular weight is 1490 g/mol. The van der Waals surface area contributed by atoms with Crippen molar-refractivity contribution in [3.63, 3.8) is 0 Å². The Morgan fingerprint density at radius 2 is 0.789 bits per heavy atom. The van der Waals surface area contributed by atoms with Gasteiger partial charge in [-0.2, -0.15) is 0 Å². The van der Waals surface area contributed by atoms with Gasteiger partial charge in [-0.25, -0.2) is 9.59 Å². The van der Waals surface area contributed by atoms with Crippen molar-refractivity contribution in [2.75, 3.05) is 34.4 Å². The van der Waals surface area contributed by atoms with Crippen molar-refractivity contribution in [2.24, 2.45) is 0 Å². The van der Waals surface area contributed by atoms with E-state index < -0.39 is 195 Å². The Labute approximate surface area is 610 Å². The molecule has 2 aliphatic heterocycles. The topological polar surface area (TPSA) is 442 Å². The molecular weight excluding hydrogens is 1420 g/mol. The normalized spacial score (nSPS) is 16.7. The molecule has 6 atom stereocenters. The molecule has 6 unspecified atom stereocenters. The number of carboxylic acids is 1. The molecule has 0 aliphatic carbocycles. The van der Waals surface area contributed by atoms with Crippen molar-refractivity contribution in [1.82, 2.24) is 29.6 Å². The predicted octanol–water partition coefficient (Wildman–Crippen LogP) is 4.03. The molecule has 0 radical (unpaired) electrons. The van der Waals surface area contributed by atoms with Gasteiger partial charge < -0.3 is 69.3 Å². The van der Waals surface area contributed by atoms with Crippen molar-refractivity contribution in [1.29, 1.82) is 0 Å². The number of phenols is 4. The minimum atomic E-state index is -1.39. The van der Waals surface area contributed by atoms with Crippen LogP contribution in [0.4, 0.5) is 0 Å². The maximum atomic E-state index is 14.7. The number of aryl methyl sites for hydroxylation is 2. The first kappa shape index (κ1) is 74.0. The molecule has 10 aromatic carbocycles. The number of carbonyl (C=O) groups is 6. The van der Waals surface area contributed by atoms with Crippen molar-refractivity contribution in [3.8, 4) is 34.5 Å². The summed E-state index contributed by atoms with van der Waals surface area (Å²) in [6, 6.07) is 8.83. The minimum Gasteiger partial charge on any atom is -0.507 e. The summed E-state index contributed by atoms with van der Waals surface area (Å²) in [5.74, 6) is -8.86. The molecule has 30 heteroatoms. The standard InChI is InChI=1S/C40H35N3O12.C39H33N3O12/c1-7-15(2)22-12-20-28(39(52)43(22)14-24(45)42-13-21(40(53)55-6)41-38(51)17(42)4)34(48)26-18(32(20)46)9-10-19-27(26)35(49)30-31(37(19)54-5)33(47)25-16(3)8-11-23(44)29(25)36(30)50;1-6-14(2)21-11-19-27(38(51)42(21)13-23(44)41-12-20(39(52)53)40-37(50)16(41)4)33(47)25-17(31(19)45)8-9-18-26(25)34(48)29-30(36(18)54-5)32(46)24-15(3)7-10-22(43)28(24)35(29)49/h8-12,15,17,21,44,49H,7,13-14H2,1-6H3,(H,41,51);7-11,14,16,20,43,48H,6,12-13H2,1-5H3,(H,40,50)(H,52,53). The summed E-state index contributed by atoms with van der Waals surface area (Å²) < 4.78 is 18.1. The second-order valence-electron chi connectivity index (χ2n) is 27.6. The van der Waals surface area contributed by atoms with Crippen LogP contribution in [0.2, 0.25) is 0 Å². The van der Waals surface area contributed by atoms with E-state index in [0.29, 0.717) is 24.0 Å². The molecule has 2 fully saturated rings. The number of aliphatic carboxylic acids is 1. The molecule has 109 heavy (non-hydrogen) atoms. The Morgan fingerprint density at radius 3 is 1.15 bits per heavy atom. The average Bonchev–Trinajstić information content (AvgIpc) is 0.702. The van der Waals surface area contributed by atoms with Crippen LogP contribution in [0.1, 0.15) is 88.7 Å². The first-order valence-electron chi connectivity index (χ1n) is 34.5. The Kier molecular flexibility index (Phi) is 18.3. The van der Waals surface area contributed by atoms with Crippen molar-refractivity contribution < 1.29 is 68.5 Å². The van der Waals surface area contributed by atoms with E-state index in [9.17, 15) is 102 Å². The Bertz CT molecular complexity index is 6830. The van der Waals surface area contributed by atoms with E-state index >= 15 is 0 Å². The van der Waals surface area contributed by atoms with Gasteiger partial charge in [-0.15, -0.1) is 0 Å². The molecule has 0 saturated carbocycles. The van der Waals surface area contributed by atoms with Gasteiger partial charge in [-0.1, -0.05) is 39.8 Å². The highest BCUT2D eigenvalue weighted by Gasteiger charge is 2.41. The predicted molar refractivity (Wildman–Crippen MR) is 404 cm³/mol. The summed E-state index contributed by atoms with van der Waals surface area (Å²) in [7, 11) is 3.58. The van der Waals surface area contributed by atoms with Gasteiger partial charge in [0.05, 0.1) is 77.5 Å². The Balaban J connectivity index is 0.000000192. The number of amides is 4. The largest absolute Gasteiger partial charge is 0.507 e. The number of hydrogen-bond donors (Lipinski definition) is 7. The zero-order chi connectivity index (χ0) is 79.2. The third-order valence-corrected chi connectivity index (χ3v) is 21.7. The lowest BCUT2D eigenvalue weighted by molar-refractivity contribution is -0.153. The van der Waals surface area contributed by atoms with Crippen LogP contribution in [-0.2, 0) is 46.6 Å². The second kappa shape index (κ2) is 26.9. The highest BCUT2D eigenvalue weighted by atomic mass is 16.5. The number of nitrogens with zero attached hydrogens (tertiary/aromatic N) is 4. The maximum absolute atomic E-state index is 14.7. The molecule has 2 aromatic heterocycles. The molecule has 4 amide bonds. The number of ether oxygens (including phenoxy) is 3. The number of pyridine rings is 2. The molecule has 2 aliphatic rings. The fourth-order valence-corrected chi connectivity index (χ4v) is 15.5. The number of rotatable bonds is 12. The number of benzene rings is 10. The van der Waals surface area contributed by atoms with Gasteiger partial charge in [0.2, 0.25) is 45.3 Å². The van der Waals surface area contributed by atoms with Crippen LogP contribution in [0, 0.1) is 13.8 Å². The number of fused-ring (bicyclic) bond motifs is 12. The smallest absolute Gasteiger partial charge is 0.330 e. The molecule has 2 saturated heterocycles. The monoisotopic (exact) mass is 1480 g/mol. The molecule has 7 N–H and O–H groups in total. The van der Waals surface area contributed by atoms with E-state index in [2.05, 4.69) is 10.6 Å². The molecule has 558 valence electrons. The third-order valence-electron chi connectivity index (χ3n) is 21.7. The SMILES string of the molecule is CCC(C)c1cc2c(=O)c3ccc4c(OC)c5c(=O)c6c(C)ccc(O)c6c(=O)c5c(O)c4c3c(=O)c2c(=O)n1CC(=O)N1CC(C(=O)O)NC(=O)C1C.CCC(C)c1cc2c(=O)c3ccc4c(OC)c5c(=O)c6c(C)ccc(O)c6c(=O)c5c(O)c4c3c(=O)c2c(=O)n1CC(=O)N1CC(C(=O)OC)NC(=O)C1C. The molecule has 4 heterocycles. The van der Waals surface area contributed by atoms with Gasteiger partial charge in [0.25, 0.3) is 11.1 Å². The van der Waals surface area contributed by atoms with Crippen molar-refractivity contribution in [2.45, 2.75) is 117 Å². The van der Waals surface area contributed by atoms with Crippen molar-refractivity contribution in [3.05, 3.63) is 186 Å². The number of methoxy groups -OCH3 is 3. The molecule has 12 aromatic rings. The van der Waals surface area contributed by atoms with Gasteiger partial charge in [-0.3, -0.25) is 67.1 Å². The number of esters is 1. The highest BCUT2D eigenvalue weighted by molar-refractivity contribution is 6.25. The van der Waals surface area contributed by atoms with Crippen molar-refractivity contribution >= 4 is 143 Å². The maximum Gasteiger partial charge on any atom is 0.330 e.